The molecule has 1 amide bonds. The summed E-state index contributed by atoms with van der Waals surface area (Å²) in [5.41, 5.74) is 0.961. The van der Waals surface area contributed by atoms with E-state index < -0.39 is 5.97 Å². The molecule has 0 unspecified atom stereocenters. The van der Waals surface area contributed by atoms with Crippen LogP contribution in [0.2, 0.25) is 0 Å². The molecule has 0 aliphatic heterocycles. The lowest BCUT2D eigenvalue weighted by Crippen LogP contribution is -2.29. The van der Waals surface area contributed by atoms with Gasteiger partial charge in [-0.2, -0.15) is 0 Å². The first-order chi connectivity index (χ1) is 9.08. The second-order valence-corrected chi connectivity index (χ2v) is 4.96. The molecule has 2 aromatic rings. The number of rotatable bonds is 5. The molecule has 2 N–H and O–H groups in total. The van der Waals surface area contributed by atoms with Gasteiger partial charge in [0, 0.05) is 28.1 Å². The SMILES string of the molecule is O=C(O)CCNC(=O)Cn1ccc2c(Br)cccc21. The number of nitrogens with one attached hydrogen (secondary N) is 1. The van der Waals surface area contributed by atoms with Crippen molar-refractivity contribution >= 4 is 38.7 Å². The molecular formula is C13H13BrN2O3. The maximum absolute atomic E-state index is 11.7. The van der Waals surface area contributed by atoms with E-state index in [1.54, 1.807) is 0 Å². The number of carbonyl (C=O) groups excluding carboxylic acids is 1. The van der Waals surface area contributed by atoms with Gasteiger partial charge in [0.25, 0.3) is 0 Å². The Morgan fingerprint density at radius 2 is 2.11 bits per heavy atom. The van der Waals surface area contributed by atoms with Crippen molar-refractivity contribution in [3.63, 3.8) is 0 Å². The minimum atomic E-state index is -0.921. The van der Waals surface area contributed by atoms with Crippen molar-refractivity contribution in [1.82, 2.24) is 9.88 Å². The van der Waals surface area contributed by atoms with Crippen LogP contribution >= 0.6 is 15.9 Å². The molecule has 1 aromatic carbocycles. The minimum absolute atomic E-state index is 0.0658. The largest absolute Gasteiger partial charge is 0.481 e. The van der Waals surface area contributed by atoms with Crippen LogP contribution in [0.25, 0.3) is 10.9 Å². The highest BCUT2D eigenvalue weighted by Gasteiger charge is 2.08. The number of halogens is 1. The summed E-state index contributed by atoms with van der Waals surface area (Å²) in [5, 5.41) is 12.1. The number of benzene rings is 1. The normalized spacial score (nSPS) is 10.6. The minimum Gasteiger partial charge on any atom is -0.481 e. The Kier molecular flexibility index (Phi) is 4.21. The maximum atomic E-state index is 11.7. The Hall–Kier alpha value is -1.82. The zero-order chi connectivity index (χ0) is 13.8. The number of carbonyl (C=O) groups is 2. The number of hydrogen-bond donors (Lipinski definition) is 2. The third-order valence-electron chi connectivity index (χ3n) is 2.74. The molecule has 0 saturated heterocycles. The summed E-state index contributed by atoms with van der Waals surface area (Å²) in [6.07, 6.45) is 1.77. The molecule has 1 aromatic heterocycles. The Morgan fingerprint density at radius 3 is 2.84 bits per heavy atom. The standard InChI is InChI=1S/C13H13BrN2O3/c14-10-2-1-3-11-9(10)5-7-16(11)8-12(17)15-6-4-13(18)19/h1-3,5,7H,4,6,8H2,(H,15,17)(H,18,19). The molecule has 2 rings (SSSR count). The van der Waals surface area contributed by atoms with Crippen LogP contribution in [0.15, 0.2) is 34.9 Å². The van der Waals surface area contributed by atoms with Crippen LogP contribution in [0, 0.1) is 0 Å². The highest BCUT2D eigenvalue weighted by Crippen LogP contribution is 2.24. The molecule has 0 radical (unpaired) electrons. The van der Waals surface area contributed by atoms with Gasteiger partial charge in [-0.1, -0.05) is 22.0 Å². The van der Waals surface area contributed by atoms with Crippen molar-refractivity contribution in [3.05, 3.63) is 34.9 Å². The number of carboxylic acids is 1. The fraction of sp³-hybridized carbons (Fsp3) is 0.231. The van der Waals surface area contributed by atoms with E-state index in [9.17, 15) is 9.59 Å². The number of carboxylic acid groups (broad SMARTS) is 1. The van der Waals surface area contributed by atoms with Crippen LogP contribution < -0.4 is 5.32 Å². The van der Waals surface area contributed by atoms with Crippen LogP contribution in [0.4, 0.5) is 0 Å². The molecule has 0 fully saturated rings. The van der Waals surface area contributed by atoms with E-state index in [0.29, 0.717) is 0 Å². The Morgan fingerprint density at radius 1 is 1.32 bits per heavy atom. The fourth-order valence-electron chi connectivity index (χ4n) is 1.84. The average Bonchev–Trinajstić information content (AvgIpc) is 2.73. The number of aliphatic carboxylic acids is 1. The second-order valence-electron chi connectivity index (χ2n) is 4.11. The summed E-state index contributed by atoms with van der Waals surface area (Å²) >= 11 is 3.46. The van der Waals surface area contributed by atoms with Crippen molar-refractivity contribution in [2.45, 2.75) is 13.0 Å². The van der Waals surface area contributed by atoms with Gasteiger partial charge >= 0.3 is 5.97 Å². The van der Waals surface area contributed by atoms with Gasteiger partial charge in [0.1, 0.15) is 6.54 Å². The van der Waals surface area contributed by atoms with E-state index in [2.05, 4.69) is 21.2 Å². The average molecular weight is 325 g/mol. The van der Waals surface area contributed by atoms with E-state index in [0.717, 1.165) is 15.4 Å². The summed E-state index contributed by atoms with van der Waals surface area (Å²) in [6.45, 7) is 0.330. The first-order valence-corrected chi connectivity index (χ1v) is 6.59. The van der Waals surface area contributed by atoms with Crippen molar-refractivity contribution in [2.24, 2.45) is 0 Å². The van der Waals surface area contributed by atoms with Gasteiger partial charge in [0.05, 0.1) is 6.42 Å². The van der Waals surface area contributed by atoms with Crippen molar-refractivity contribution < 1.29 is 14.7 Å². The van der Waals surface area contributed by atoms with Crippen LogP contribution in [0.1, 0.15) is 6.42 Å². The Bertz CT molecular complexity index is 621. The summed E-state index contributed by atoms with van der Waals surface area (Å²) in [7, 11) is 0. The molecule has 19 heavy (non-hydrogen) atoms. The van der Waals surface area contributed by atoms with Gasteiger partial charge in [0.15, 0.2) is 0 Å². The molecule has 0 atom stereocenters. The van der Waals surface area contributed by atoms with E-state index in [1.165, 1.54) is 0 Å². The Labute approximate surface area is 118 Å². The summed E-state index contributed by atoms with van der Waals surface area (Å²) in [4.78, 5) is 22.0. The lowest BCUT2D eigenvalue weighted by atomic mass is 10.2. The summed E-state index contributed by atoms with van der Waals surface area (Å²) in [5.74, 6) is -1.12. The number of nitrogens with zero attached hydrogens (tertiary/aromatic N) is 1. The lowest BCUT2D eigenvalue weighted by Gasteiger charge is -2.06. The smallest absolute Gasteiger partial charge is 0.305 e. The van der Waals surface area contributed by atoms with Gasteiger partial charge in [-0.15, -0.1) is 0 Å². The molecule has 0 bridgehead atoms. The number of aromatic nitrogens is 1. The molecule has 5 nitrogen and oxygen atoms in total. The zero-order valence-electron chi connectivity index (χ0n) is 10.1. The highest BCUT2D eigenvalue weighted by molar-refractivity contribution is 9.10. The molecule has 6 heteroatoms. The van der Waals surface area contributed by atoms with E-state index >= 15 is 0 Å². The Balaban J connectivity index is 2.03. The van der Waals surface area contributed by atoms with E-state index in [-0.39, 0.29) is 25.4 Å². The molecular weight excluding hydrogens is 312 g/mol. The van der Waals surface area contributed by atoms with Gasteiger partial charge in [-0.3, -0.25) is 9.59 Å². The predicted molar refractivity (Wildman–Crippen MR) is 74.9 cm³/mol. The summed E-state index contributed by atoms with van der Waals surface area (Å²) in [6, 6.07) is 7.72. The van der Waals surface area contributed by atoms with Crippen LogP contribution in [0.3, 0.4) is 0 Å². The molecule has 0 aliphatic rings. The third kappa shape index (κ3) is 3.35. The zero-order valence-corrected chi connectivity index (χ0v) is 11.7. The van der Waals surface area contributed by atoms with E-state index in [1.807, 2.05) is 35.0 Å². The molecule has 0 spiro atoms. The van der Waals surface area contributed by atoms with Crippen molar-refractivity contribution in [2.75, 3.05) is 6.54 Å². The van der Waals surface area contributed by atoms with Crippen LogP contribution in [-0.2, 0) is 16.1 Å². The monoisotopic (exact) mass is 324 g/mol. The predicted octanol–water partition coefficient (Wildman–Crippen LogP) is 1.99. The topological polar surface area (TPSA) is 71.3 Å². The molecule has 1 heterocycles. The number of amides is 1. The first kappa shape index (κ1) is 13.6. The quantitative estimate of drug-likeness (QED) is 0.883. The number of fused-ring (bicyclic) bond motifs is 1. The van der Waals surface area contributed by atoms with Crippen molar-refractivity contribution in [3.8, 4) is 0 Å². The number of hydrogen-bond acceptors (Lipinski definition) is 2. The maximum Gasteiger partial charge on any atom is 0.305 e. The second kappa shape index (κ2) is 5.88. The fourth-order valence-corrected chi connectivity index (χ4v) is 2.33. The van der Waals surface area contributed by atoms with Crippen molar-refractivity contribution in [1.29, 1.82) is 0 Å². The van der Waals surface area contributed by atoms with Gasteiger partial charge < -0.3 is 15.0 Å². The van der Waals surface area contributed by atoms with Gasteiger partial charge in [-0.05, 0) is 18.2 Å². The lowest BCUT2D eigenvalue weighted by molar-refractivity contribution is -0.136. The molecule has 100 valence electrons. The summed E-state index contributed by atoms with van der Waals surface area (Å²) < 4.78 is 2.81. The highest BCUT2D eigenvalue weighted by atomic mass is 79.9. The first-order valence-electron chi connectivity index (χ1n) is 5.80. The van der Waals surface area contributed by atoms with Gasteiger partial charge in [0.2, 0.25) is 5.91 Å². The van der Waals surface area contributed by atoms with Gasteiger partial charge in [-0.25, -0.2) is 0 Å². The van der Waals surface area contributed by atoms with E-state index in [4.69, 9.17) is 5.11 Å². The van der Waals surface area contributed by atoms with Crippen LogP contribution in [0.5, 0.6) is 0 Å². The molecule has 0 saturated carbocycles. The third-order valence-corrected chi connectivity index (χ3v) is 3.43. The molecule has 0 aliphatic carbocycles. The van der Waals surface area contributed by atoms with Crippen LogP contribution in [-0.4, -0.2) is 28.1 Å².